The zero-order valence-corrected chi connectivity index (χ0v) is 18.4. The Kier molecular flexibility index (Phi) is 5.70. The highest BCUT2D eigenvalue weighted by Gasteiger charge is 2.43. The molecule has 3 aliphatic rings. The molecule has 164 valence electrons. The van der Waals surface area contributed by atoms with Gasteiger partial charge in [0.25, 0.3) is 0 Å². The van der Waals surface area contributed by atoms with E-state index in [2.05, 4.69) is 61.9 Å². The normalized spacial score (nSPS) is 22.3. The molecule has 1 atom stereocenters. The van der Waals surface area contributed by atoms with Gasteiger partial charge in [-0.1, -0.05) is 24.3 Å². The molecular weight excluding hydrogens is 386 g/mol. The van der Waals surface area contributed by atoms with Crippen molar-refractivity contribution in [1.29, 1.82) is 0 Å². The Bertz CT molecular complexity index is 914. The fourth-order valence-electron chi connectivity index (χ4n) is 5.27. The largest absolute Gasteiger partial charge is 0.487 e. The number of aromatic nitrogens is 1. The van der Waals surface area contributed by atoms with E-state index in [0.717, 1.165) is 55.4 Å². The summed E-state index contributed by atoms with van der Waals surface area (Å²) in [6.45, 7) is 2.94. The fraction of sp³-hybridized carbons (Fsp3) is 0.520. The van der Waals surface area contributed by atoms with Gasteiger partial charge in [0.05, 0.1) is 6.04 Å². The highest BCUT2D eigenvalue weighted by molar-refractivity contribution is 5.80. The summed E-state index contributed by atoms with van der Waals surface area (Å²) in [5.41, 5.74) is 2.35. The Hall–Kier alpha value is -2.76. The van der Waals surface area contributed by atoms with Crippen molar-refractivity contribution >= 4 is 11.8 Å². The van der Waals surface area contributed by atoms with Crippen LogP contribution < -0.4 is 20.3 Å². The first-order chi connectivity index (χ1) is 15.2. The molecule has 1 spiro atoms. The van der Waals surface area contributed by atoms with Gasteiger partial charge in [-0.15, -0.1) is 0 Å². The number of nitrogens with zero attached hydrogens (tertiary/aromatic N) is 3. The number of nitrogens with one attached hydrogen (secondary N) is 2. The minimum atomic E-state index is -0.0276. The Morgan fingerprint density at radius 3 is 2.68 bits per heavy atom. The summed E-state index contributed by atoms with van der Waals surface area (Å²) in [5.74, 6) is 2.92. The van der Waals surface area contributed by atoms with Gasteiger partial charge >= 0.3 is 0 Å². The van der Waals surface area contributed by atoms with Crippen LogP contribution in [-0.2, 0) is 6.54 Å². The van der Waals surface area contributed by atoms with Crippen LogP contribution in [0.3, 0.4) is 0 Å². The number of rotatable bonds is 4. The molecule has 6 nitrogen and oxygen atoms in total. The number of hydrogen-bond acceptors (Lipinski definition) is 4. The highest BCUT2D eigenvalue weighted by atomic mass is 16.5. The van der Waals surface area contributed by atoms with Crippen LogP contribution in [0.4, 0.5) is 5.82 Å². The molecule has 1 aromatic heterocycles. The molecule has 2 fully saturated rings. The monoisotopic (exact) mass is 419 g/mol. The molecule has 1 unspecified atom stereocenters. The van der Waals surface area contributed by atoms with Crippen LogP contribution in [0.15, 0.2) is 47.6 Å². The summed E-state index contributed by atoms with van der Waals surface area (Å²) in [7, 11) is 1.83. The summed E-state index contributed by atoms with van der Waals surface area (Å²) >= 11 is 0. The lowest BCUT2D eigenvalue weighted by atomic mass is 9.86. The third kappa shape index (κ3) is 4.34. The second kappa shape index (κ2) is 8.77. The lowest BCUT2D eigenvalue weighted by Gasteiger charge is -2.40. The number of benzene rings is 1. The van der Waals surface area contributed by atoms with Crippen molar-refractivity contribution in [3.05, 3.63) is 53.7 Å². The molecule has 6 heteroatoms. The van der Waals surface area contributed by atoms with E-state index in [1.54, 1.807) is 0 Å². The SMILES string of the molecule is CN=C(NCc1ccc(N2CCCC2)nc1)NC1CC2(CCCC2)Oc2ccccc21. The quantitative estimate of drug-likeness (QED) is 0.575. The fourth-order valence-corrected chi connectivity index (χ4v) is 5.27. The van der Waals surface area contributed by atoms with E-state index in [9.17, 15) is 0 Å². The van der Waals surface area contributed by atoms with Crippen LogP contribution in [0, 0.1) is 0 Å². The number of guanidine groups is 1. The van der Waals surface area contributed by atoms with Gasteiger partial charge in [0, 0.05) is 44.9 Å². The number of anilines is 1. The predicted molar refractivity (Wildman–Crippen MR) is 125 cm³/mol. The van der Waals surface area contributed by atoms with E-state index in [1.165, 1.54) is 31.2 Å². The second-order valence-electron chi connectivity index (χ2n) is 9.08. The van der Waals surface area contributed by atoms with Crippen LogP contribution in [0.25, 0.3) is 0 Å². The zero-order valence-electron chi connectivity index (χ0n) is 18.4. The standard InChI is InChI=1S/C25H33N5O/c1-26-24(28-18-19-10-11-23(27-17-19)30-14-6-7-15-30)29-21-16-25(12-4-5-13-25)31-22-9-3-2-8-20(21)22/h2-3,8-11,17,21H,4-7,12-16,18H2,1H3,(H2,26,28,29). The maximum absolute atomic E-state index is 6.50. The Labute approximate surface area is 185 Å². The van der Waals surface area contributed by atoms with Gasteiger partial charge in [0.1, 0.15) is 17.2 Å². The Morgan fingerprint density at radius 1 is 1.13 bits per heavy atom. The van der Waals surface area contributed by atoms with Gasteiger partial charge in [-0.05, 0) is 56.2 Å². The third-order valence-corrected chi connectivity index (χ3v) is 6.95. The smallest absolute Gasteiger partial charge is 0.191 e. The second-order valence-corrected chi connectivity index (χ2v) is 9.08. The molecule has 2 N–H and O–H groups in total. The molecule has 2 aromatic rings. The molecule has 1 aromatic carbocycles. The lowest BCUT2D eigenvalue weighted by molar-refractivity contribution is 0.0396. The first kappa shape index (κ1) is 20.2. The summed E-state index contributed by atoms with van der Waals surface area (Å²) < 4.78 is 6.50. The molecule has 1 aliphatic carbocycles. The molecule has 2 aliphatic heterocycles. The van der Waals surface area contributed by atoms with E-state index in [4.69, 9.17) is 4.74 Å². The van der Waals surface area contributed by atoms with Crippen LogP contribution in [-0.4, -0.2) is 36.7 Å². The van der Waals surface area contributed by atoms with E-state index >= 15 is 0 Å². The number of fused-ring (bicyclic) bond motifs is 1. The average molecular weight is 420 g/mol. The van der Waals surface area contributed by atoms with Gasteiger partial charge in [0.15, 0.2) is 5.96 Å². The topological polar surface area (TPSA) is 61.8 Å². The minimum absolute atomic E-state index is 0.0276. The predicted octanol–water partition coefficient (Wildman–Crippen LogP) is 4.18. The molecule has 1 saturated carbocycles. The van der Waals surface area contributed by atoms with Crippen LogP contribution in [0.1, 0.15) is 62.1 Å². The van der Waals surface area contributed by atoms with Gasteiger partial charge in [-0.2, -0.15) is 0 Å². The third-order valence-electron chi connectivity index (χ3n) is 6.95. The van der Waals surface area contributed by atoms with Gasteiger partial charge < -0.3 is 20.3 Å². The van der Waals surface area contributed by atoms with Gasteiger partial charge in [-0.3, -0.25) is 4.99 Å². The Morgan fingerprint density at radius 2 is 1.94 bits per heavy atom. The van der Waals surface area contributed by atoms with Gasteiger partial charge in [0.2, 0.25) is 0 Å². The lowest BCUT2D eigenvalue weighted by Crippen LogP contribution is -2.46. The van der Waals surface area contributed by atoms with Crippen molar-refractivity contribution < 1.29 is 4.74 Å². The van der Waals surface area contributed by atoms with Crippen molar-refractivity contribution in [3.8, 4) is 5.75 Å². The van der Waals surface area contributed by atoms with E-state index in [1.807, 2.05) is 13.2 Å². The molecule has 3 heterocycles. The van der Waals surface area contributed by atoms with Crippen molar-refractivity contribution in [2.24, 2.45) is 4.99 Å². The number of ether oxygens (including phenoxy) is 1. The molecule has 1 saturated heterocycles. The Balaban J connectivity index is 1.24. The summed E-state index contributed by atoms with van der Waals surface area (Å²) in [6.07, 6.45) is 10.3. The summed E-state index contributed by atoms with van der Waals surface area (Å²) in [5, 5.41) is 7.15. The first-order valence-corrected chi connectivity index (χ1v) is 11.7. The van der Waals surface area contributed by atoms with Crippen LogP contribution in [0.5, 0.6) is 5.75 Å². The minimum Gasteiger partial charge on any atom is -0.487 e. The van der Waals surface area contributed by atoms with Crippen molar-refractivity contribution in [1.82, 2.24) is 15.6 Å². The van der Waals surface area contributed by atoms with Crippen molar-refractivity contribution in [2.75, 3.05) is 25.0 Å². The summed E-state index contributed by atoms with van der Waals surface area (Å²) in [4.78, 5) is 11.5. The van der Waals surface area contributed by atoms with Crippen LogP contribution >= 0.6 is 0 Å². The number of para-hydroxylation sites is 1. The molecule has 0 bridgehead atoms. The molecule has 0 amide bonds. The molecule has 0 radical (unpaired) electrons. The number of hydrogen-bond donors (Lipinski definition) is 2. The van der Waals surface area contributed by atoms with Crippen molar-refractivity contribution in [3.63, 3.8) is 0 Å². The van der Waals surface area contributed by atoms with Gasteiger partial charge in [-0.25, -0.2) is 4.98 Å². The van der Waals surface area contributed by atoms with E-state index in [-0.39, 0.29) is 11.6 Å². The van der Waals surface area contributed by atoms with E-state index < -0.39 is 0 Å². The number of pyridine rings is 1. The molecule has 31 heavy (non-hydrogen) atoms. The van der Waals surface area contributed by atoms with Crippen LogP contribution in [0.2, 0.25) is 0 Å². The first-order valence-electron chi connectivity index (χ1n) is 11.7. The molecule has 5 rings (SSSR count). The average Bonchev–Trinajstić information content (AvgIpc) is 3.50. The maximum atomic E-state index is 6.50. The number of aliphatic imine (C=N–C) groups is 1. The highest BCUT2D eigenvalue weighted by Crippen LogP contribution is 2.46. The molecular formula is C25H33N5O. The van der Waals surface area contributed by atoms with E-state index in [0.29, 0.717) is 6.54 Å². The maximum Gasteiger partial charge on any atom is 0.191 e. The van der Waals surface area contributed by atoms with Crippen molar-refractivity contribution in [2.45, 2.75) is 63.1 Å². The summed E-state index contributed by atoms with van der Waals surface area (Å²) in [6, 6.07) is 12.9. The zero-order chi connectivity index (χ0) is 21.1.